The van der Waals surface area contributed by atoms with Crippen molar-refractivity contribution in [2.45, 2.75) is 52.2 Å². The van der Waals surface area contributed by atoms with Gasteiger partial charge in [-0.25, -0.2) is 4.79 Å². The number of ether oxygens (including phenoxy) is 2. The summed E-state index contributed by atoms with van der Waals surface area (Å²) in [5.41, 5.74) is 0.266. The molecular formula is C13H22O3. The van der Waals surface area contributed by atoms with Crippen molar-refractivity contribution in [1.82, 2.24) is 0 Å². The zero-order valence-corrected chi connectivity index (χ0v) is 10.9. The summed E-state index contributed by atoms with van der Waals surface area (Å²) in [4.78, 5) is 11.3. The minimum Gasteiger partial charge on any atom is -0.458 e. The molecule has 92 valence electrons. The zero-order valence-electron chi connectivity index (χ0n) is 10.9. The molecule has 0 saturated carbocycles. The number of hydrogen-bond donors (Lipinski definition) is 0. The number of carbonyl (C=O) groups is 1. The Kier molecular flexibility index (Phi) is 3.48. The molecule has 3 heteroatoms. The third-order valence-corrected chi connectivity index (χ3v) is 3.28. The molecule has 0 aliphatic carbocycles. The van der Waals surface area contributed by atoms with Crippen LogP contribution in [0.5, 0.6) is 0 Å². The highest BCUT2D eigenvalue weighted by atomic mass is 16.6. The van der Waals surface area contributed by atoms with Gasteiger partial charge in [-0.3, -0.25) is 0 Å². The summed E-state index contributed by atoms with van der Waals surface area (Å²) in [6.45, 7) is 12.0. The Morgan fingerprint density at radius 1 is 1.44 bits per heavy atom. The van der Waals surface area contributed by atoms with E-state index in [2.05, 4.69) is 20.4 Å². The number of cyclic esters (lactones) is 1. The second-order valence-electron chi connectivity index (χ2n) is 5.83. The Labute approximate surface area is 97.8 Å². The third kappa shape index (κ3) is 2.85. The van der Waals surface area contributed by atoms with E-state index >= 15 is 0 Å². The number of esters is 1. The van der Waals surface area contributed by atoms with Crippen molar-refractivity contribution in [1.29, 1.82) is 0 Å². The van der Waals surface area contributed by atoms with E-state index < -0.39 is 0 Å². The summed E-state index contributed by atoms with van der Waals surface area (Å²) in [5, 5.41) is 0. The van der Waals surface area contributed by atoms with Crippen LogP contribution in [0.4, 0.5) is 0 Å². The van der Waals surface area contributed by atoms with Crippen molar-refractivity contribution in [2.24, 2.45) is 5.41 Å². The number of rotatable bonds is 4. The third-order valence-electron chi connectivity index (χ3n) is 3.28. The highest BCUT2D eigenvalue weighted by Crippen LogP contribution is 2.39. The van der Waals surface area contributed by atoms with Gasteiger partial charge in [0.2, 0.25) is 0 Å². The fourth-order valence-electron chi connectivity index (χ4n) is 2.28. The van der Waals surface area contributed by atoms with Crippen molar-refractivity contribution >= 4 is 5.97 Å². The van der Waals surface area contributed by atoms with Gasteiger partial charge in [0, 0.05) is 24.5 Å². The van der Waals surface area contributed by atoms with Gasteiger partial charge in [-0.2, -0.15) is 0 Å². The summed E-state index contributed by atoms with van der Waals surface area (Å²) >= 11 is 0. The van der Waals surface area contributed by atoms with Crippen molar-refractivity contribution in [2.75, 3.05) is 7.11 Å². The fraction of sp³-hybridized carbons (Fsp3) is 0.769. The SMILES string of the molecule is C=C1CC(C(C)(C)CC(C)(C)OC)OC1=O. The first kappa shape index (κ1) is 13.2. The van der Waals surface area contributed by atoms with E-state index in [1.54, 1.807) is 7.11 Å². The van der Waals surface area contributed by atoms with E-state index in [-0.39, 0.29) is 23.1 Å². The molecule has 0 bridgehead atoms. The van der Waals surface area contributed by atoms with E-state index in [9.17, 15) is 4.79 Å². The van der Waals surface area contributed by atoms with Gasteiger partial charge in [0.05, 0.1) is 5.60 Å². The minimum atomic E-state index is -0.256. The van der Waals surface area contributed by atoms with Gasteiger partial charge in [-0.05, 0) is 20.3 Å². The maximum atomic E-state index is 11.3. The molecule has 1 fully saturated rings. The second kappa shape index (κ2) is 4.21. The first-order valence-electron chi connectivity index (χ1n) is 5.62. The Morgan fingerprint density at radius 3 is 2.38 bits per heavy atom. The Bertz CT molecular complexity index is 286. The van der Waals surface area contributed by atoms with Crippen LogP contribution in [0.25, 0.3) is 0 Å². The molecule has 1 atom stereocenters. The summed E-state index contributed by atoms with van der Waals surface area (Å²) < 4.78 is 10.8. The molecule has 0 aromatic rings. The lowest BCUT2D eigenvalue weighted by atomic mass is 9.76. The smallest absolute Gasteiger partial charge is 0.333 e. The van der Waals surface area contributed by atoms with Gasteiger partial charge in [-0.15, -0.1) is 0 Å². The fourth-order valence-corrected chi connectivity index (χ4v) is 2.28. The molecule has 1 saturated heterocycles. The molecule has 16 heavy (non-hydrogen) atoms. The van der Waals surface area contributed by atoms with Gasteiger partial charge in [0.25, 0.3) is 0 Å². The zero-order chi connectivity index (χ0) is 12.6. The van der Waals surface area contributed by atoms with Crippen molar-refractivity contribution < 1.29 is 14.3 Å². The van der Waals surface area contributed by atoms with Crippen LogP contribution in [-0.2, 0) is 14.3 Å². The lowest BCUT2D eigenvalue weighted by Crippen LogP contribution is -2.38. The largest absolute Gasteiger partial charge is 0.458 e. The molecule has 1 aliphatic heterocycles. The average molecular weight is 226 g/mol. The second-order valence-corrected chi connectivity index (χ2v) is 5.83. The molecular weight excluding hydrogens is 204 g/mol. The van der Waals surface area contributed by atoms with E-state index in [4.69, 9.17) is 9.47 Å². The topological polar surface area (TPSA) is 35.5 Å². The summed E-state index contributed by atoms with van der Waals surface area (Å²) in [5.74, 6) is -0.256. The van der Waals surface area contributed by atoms with Crippen LogP contribution in [-0.4, -0.2) is 24.8 Å². The average Bonchev–Trinajstić information content (AvgIpc) is 2.46. The molecule has 1 aliphatic rings. The molecule has 0 aromatic carbocycles. The molecule has 1 heterocycles. The van der Waals surface area contributed by atoms with Crippen LogP contribution in [0.15, 0.2) is 12.2 Å². The van der Waals surface area contributed by atoms with Crippen LogP contribution in [0.3, 0.4) is 0 Å². The summed E-state index contributed by atoms with van der Waals surface area (Å²) in [6.07, 6.45) is 1.38. The number of methoxy groups -OCH3 is 1. The highest BCUT2D eigenvalue weighted by Gasteiger charge is 2.42. The van der Waals surface area contributed by atoms with Gasteiger partial charge in [0.15, 0.2) is 0 Å². The monoisotopic (exact) mass is 226 g/mol. The molecule has 0 spiro atoms. The Morgan fingerprint density at radius 2 is 2.00 bits per heavy atom. The molecule has 0 aromatic heterocycles. The van der Waals surface area contributed by atoms with E-state index in [0.29, 0.717) is 12.0 Å². The predicted molar refractivity (Wildman–Crippen MR) is 63.1 cm³/mol. The molecule has 1 rings (SSSR count). The minimum absolute atomic E-state index is 0.0816. The lowest BCUT2D eigenvalue weighted by Gasteiger charge is -2.37. The van der Waals surface area contributed by atoms with Crippen molar-refractivity contribution in [3.63, 3.8) is 0 Å². The first-order chi connectivity index (χ1) is 7.18. The van der Waals surface area contributed by atoms with E-state index in [1.807, 2.05) is 13.8 Å². The predicted octanol–water partition coefficient (Wildman–Crippen LogP) is 2.70. The van der Waals surface area contributed by atoms with Crippen molar-refractivity contribution in [3.05, 3.63) is 12.2 Å². The molecule has 0 radical (unpaired) electrons. The summed E-state index contributed by atoms with van der Waals surface area (Å²) in [6, 6.07) is 0. The highest BCUT2D eigenvalue weighted by molar-refractivity contribution is 5.90. The van der Waals surface area contributed by atoms with E-state index in [0.717, 1.165) is 6.42 Å². The molecule has 0 amide bonds. The maximum Gasteiger partial charge on any atom is 0.333 e. The van der Waals surface area contributed by atoms with Gasteiger partial charge >= 0.3 is 5.97 Å². The first-order valence-corrected chi connectivity index (χ1v) is 5.62. The van der Waals surface area contributed by atoms with Gasteiger partial charge in [-0.1, -0.05) is 20.4 Å². The molecule has 3 nitrogen and oxygen atoms in total. The van der Waals surface area contributed by atoms with Crippen LogP contribution in [0.1, 0.15) is 40.5 Å². The normalized spacial score (nSPS) is 22.4. The number of hydrogen-bond acceptors (Lipinski definition) is 3. The number of carbonyl (C=O) groups excluding carboxylic acids is 1. The maximum absolute atomic E-state index is 11.3. The lowest BCUT2D eigenvalue weighted by molar-refractivity contribution is -0.145. The Hall–Kier alpha value is -0.830. The van der Waals surface area contributed by atoms with Crippen LogP contribution in [0, 0.1) is 5.41 Å². The van der Waals surface area contributed by atoms with Crippen LogP contribution >= 0.6 is 0 Å². The standard InChI is InChI=1S/C13H22O3/c1-9-7-10(16-11(9)14)12(2,3)8-13(4,5)15-6/h10H,1,7-8H2,2-6H3. The van der Waals surface area contributed by atoms with Crippen LogP contribution in [0.2, 0.25) is 0 Å². The van der Waals surface area contributed by atoms with Crippen molar-refractivity contribution in [3.8, 4) is 0 Å². The van der Waals surface area contributed by atoms with Gasteiger partial charge in [0.1, 0.15) is 6.10 Å². The molecule has 1 unspecified atom stereocenters. The quantitative estimate of drug-likeness (QED) is 0.546. The summed E-state index contributed by atoms with van der Waals surface area (Å²) in [7, 11) is 1.70. The molecule has 0 N–H and O–H groups in total. The van der Waals surface area contributed by atoms with Gasteiger partial charge < -0.3 is 9.47 Å². The van der Waals surface area contributed by atoms with E-state index in [1.165, 1.54) is 0 Å². The Balaban J connectivity index is 2.72. The van der Waals surface area contributed by atoms with Crippen LogP contribution < -0.4 is 0 Å².